The first-order chi connectivity index (χ1) is 9.86. The highest BCUT2D eigenvalue weighted by molar-refractivity contribution is 5.91. The highest BCUT2D eigenvalue weighted by Gasteiger charge is 2.06. The molecule has 0 aliphatic rings. The Kier molecular flexibility index (Phi) is 3.41. The summed E-state index contributed by atoms with van der Waals surface area (Å²) in [5.74, 6) is 2.27. The van der Waals surface area contributed by atoms with E-state index in [2.05, 4.69) is 20.3 Å². The molecule has 3 rings (SSSR count). The van der Waals surface area contributed by atoms with Gasteiger partial charge in [0.15, 0.2) is 0 Å². The Labute approximate surface area is 116 Å². The first kappa shape index (κ1) is 12.3. The molecule has 0 saturated carbocycles. The van der Waals surface area contributed by atoms with Gasteiger partial charge in [-0.2, -0.15) is 0 Å². The first-order valence-corrected chi connectivity index (χ1v) is 6.42. The number of hydrogen-bond acceptors (Lipinski definition) is 5. The number of rotatable bonds is 4. The van der Waals surface area contributed by atoms with Crippen LogP contribution in [0.15, 0.2) is 48.9 Å². The van der Waals surface area contributed by atoms with Crippen LogP contribution in [0.5, 0.6) is 5.75 Å². The number of hydrogen-bond donors (Lipinski definition) is 1. The van der Waals surface area contributed by atoms with Gasteiger partial charge in [0.25, 0.3) is 0 Å². The minimum atomic E-state index is 0.627. The van der Waals surface area contributed by atoms with Crippen molar-refractivity contribution in [3.8, 4) is 5.75 Å². The van der Waals surface area contributed by atoms with Gasteiger partial charge in [0.1, 0.15) is 23.7 Å². The number of nitrogens with zero attached hydrogens (tertiary/aromatic N) is 3. The molecule has 0 unspecified atom stereocenters. The van der Waals surface area contributed by atoms with Gasteiger partial charge in [-0.15, -0.1) is 0 Å². The summed E-state index contributed by atoms with van der Waals surface area (Å²) in [7, 11) is 0. The number of aromatic nitrogens is 3. The van der Waals surface area contributed by atoms with Crippen LogP contribution in [0.1, 0.15) is 6.92 Å². The Balaban J connectivity index is 2.03. The molecule has 0 aliphatic heterocycles. The van der Waals surface area contributed by atoms with E-state index in [9.17, 15) is 0 Å². The summed E-state index contributed by atoms with van der Waals surface area (Å²) in [5, 5.41) is 4.11. The van der Waals surface area contributed by atoms with Gasteiger partial charge in [0.2, 0.25) is 0 Å². The molecule has 0 bridgehead atoms. The number of anilines is 2. The van der Waals surface area contributed by atoms with Crippen molar-refractivity contribution in [2.75, 3.05) is 11.9 Å². The summed E-state index contributed by atoms with van der Waals surface area (Å²) in [5.41, 5.74) is 0.863. The monoisotopic (exact) mass is 266 g/mol. The lowest BCUT2D eigenvalue weighted by atomic mass is 10.2. The van der Waals surface area contributed by atoms with E-state index in [-0.39, 0.29) is 0 Å². The first-order valence-electron chi connectivity index (χ1n) is 6.42. The summed E-state index contributed by atoms with van der Waals surface area (Å²) < 4.78 is 5.52. The topological polar surface area (TPSA) is 59.9 Å². The number of nitrogens with one attached hydrogen (secondary N) is 1. The molecule has 0 radical (unpaired) electrons. The third-order valence-corrected chi connectivity index (χ3v) is 2.83. The maximum Gasteiger partial charge on any atom is 0.142 e. The van der Waals surface area contributed by atoms with Gasteiger partial charge in [0.05, 0.1) is 12.1 Å². The van der Waals surface area contributed by atoms with E-state index < -0.39 is 0 Å². The van der Waals surface area contributed by atoms with Crippen molar-refractivity contribution in [2.24, 2.45) is 0 Å². The molecule has 2 aromatic heterocycles. The van der Waals surface area contributed by atoms with Crippen LogP contribution < -0.4 is 10.1 Å². The SMILES string of the molecule is CCOc1ccc2ncnc(Nc3ccccn3)c2c1. The molecule has 0 atom stereocenters. The van der Waals surface area contributed by atoms with Gasteiger partial charge in [-0.1, -0.05) is 6.07 Å². The smallest absolute Gasteiger partial charge is 0.142 e. The fourth-order valence-corrected chi connectivity index (χ4v) is 1.95. The minimum Gasteiger partial charge on any atom is -0.494 e. The van der Waals surface area contributed by atoms with Crippen LogP contribution in [0.25, 0.3) is 10.9 Å². The van der Waals surface area contributed by atoms with Crippen LogP contribution in [0, 0.1) is 0 Å². The second-order valence-corrected chi connectivity index (χ2v) is 4.17. The summed E-state index contributed by atoms with van der Waals surface area (Å²) in [6, 6.07) is 11.4. The molecular formula is C15H14N4O. The molecule has 5 heteroatoms. The molecule has 1 aromatic carbocycles. The van der Waals surface area contributed by atoms with Crippen molar-refractivity contribution in [3.63, 3.8) is 0 Å². The van der Waals surface area contributed by atoms with Crippen LogP contribution in [0.3, 0.4) is 0 Å². The molecule has 100 valence electrons. The van der Waals surface area contributed by atoms with Crippen LogP contribution in [-0.2, 0) is 0 Å². The molecule has 3 aromatic rings. The van der Waals surface area contributed by atoms with Gasteiger partial charge >= 0.3 is 0 Å². The van der Waals surface area contributed by atoms with Crippen molar-refractivity contribution < 1.29 is 4.74 Å². The molecule has 0 spiro atoms. The molecular weight excluding hydrogens is 252 g/mol. The van der Waals surface area contributed by atoms with E-state index in [1.54, 1.807) is 6.20 Å². The quantitative estimate of drug-likeness (QED) is 0.786. The zero-order chi connectivity index (χ0) is 13.8. The van der Waals surface area contributed by atoms with E-state index in [1.165, 1.54) is 6.33 Å². The zero-order valence-electron chi connectivity index (χ0n) is 11.1. The Morgan fingerprint density at radius 3 is 2.85 bits per heavy atom. The fourth-order valence-electron chi connectivity index (χ4n) is 1.95. The molecule has 0 amide bonds. The average molecular weight is 266 g/mol. The molecule has 0 fully saturated rings. The number of pyridine rings is 1. The molecule has 20 heavy (non-hydrogen) atoms. The largest absolute Gasteiger partial charge is 0.494 e. The second kappa shape index (κ2) is 5.52. The van der Waals surface area contributed by atoms with Gasteiger partial charge in [-0.3, -0.25) is 0 Å². The van der Waals surface area contributed by atoms with E-state index in [0.717, 1.165) is 28.3 Å². The van der Waals surface area contributed by atoms with Crippen LogP contribution >= 0.6 is 0 Å². The third kappa shape index (κ3) is 2.51. The van der Waals surface area contributed by atoms with Gasteiger partial charge in [-0.25, -0.2) is 15.0 Å². The van der Waals surface area contributed by atoms with E-state index in [4.69, 9.17) is 4.74 Å². The Hall–Kier alpha value is -2.69. The highest BCUT2D eigenvalue weighted by atomic mass is 16.5. The molecule has 0 aliphatic carbocycles. The fraction of sp³-hybridized carbons (Fsp3) is 0.133. The molecule has 1 N–H and O–H groups in total. The summed E-state index contributed by atoms with van der Waals surface area (Å²) in [6.07, 6.45) is 3.27. The Morgan fingerprint density at radius 2 is 2.05 bits per heavy atom. The Morgan fingerprint density at radius 1 is 1.10 bits per heavy atom. The summed E-state index contributed by atoms with van der Waals surface area (Å²) in [4.78, 5) is 12.8. The van der Waals surface area contributed by atoms with Crippen molar-refractivity contribution in [1.82, 2.24) is 15.0 Å². The zero-order valence-corrected chi connectivity index (χ0v) is 11.1. The Bertz CT molecular complexity index is 715. The van der Waals surface area contributed by atoms with E-state index in [0.29, 0.717) is 6.61 Å². The van der Waals surface area contributed by atoms with Crippen LogP contribution in [-0.4, -0.2) is 21.6 Å². The second-order valence-electron chi connectivity index (χ2n) is 4.17. The summed E-state index contributed by atoms with van der Waals surface area (Å²) >= 11 is 0. The van der Waals surface area contributed by atoms with Gasteiger partial charge < -0.3 is 10.1 Å². The van der Waals surface area contributed by atoms with Gasteiger partial charge in [-0.05, 0) is 37.3 Å². The van der Waals surface area contributed by atoms with E-state index >= 15 is 0 Å². The van der Waals surface area contributed by atoms with Crippen molar-refractivity contribution >= 4 is 22.5 Å². The third-order valence-electron chi connectivity index (χ3n) is 2.83. The molecule has 2 heterocycles. The lowest BCUT2D eigenvalue weighted by Crippen LogP contribution is -1.98. The van der Waals surface area contributed by atoms with Crippen molar-refractivity contribution in [1.29, 1.82) is 0 Å². The van der Waals surface area contributed by atoms with Gasteiger partial charge in [0, 0.05) is 11.6 Å². The number of fused-ring (bicyclic) bond motifs is 1. The lowest BCUT2D eigenvalue weighted by Gasteiger charge is -2.09. The molecule has 5 nitrogen and oxygen atoms in total. The maximum atomic E-state index is 5.52. The number of ether oxygens (including phenoxy) is 1. The van der Waals surface area contributed by atoms with E-state index in [1.807, 2.05) is 43.3 Å². The maximum absolute atomic E-state index is 5.52. The van der Waals surface area contributed by atoms with Crippen molar-refractivity contribution in [3.05, 3.63) is 48.9 Å². The number of benzene rings is 1. The highest BCUT2D eigenvalue weighted by Crippen LogP contribution is 2.26. The lowest BCUT2D eigenvalue weighted by molar-refractivity contribution is 0.340. The minimum absolute atomic E-state index is 0.627. The van der Waals surface area contributed by atoms with Crippen molar-refractivity contribution in [2.45, 2.75) is 6.92 Å². The standard InChI is InChI=1S/C15H14N4O/c1-2-20-11-6-7-13-12(9-11)15(18-10-17-13)19-14-5-3-4-8-16-14/h3-10H,2H2,1H3,(H,16,17,18,19). The predicted molar refractivity (Wildman–Crippen MR) is 78.2 cm³/mol. The van der Waals surface area contributed by atoms with Crippen LogP contribution in [0.4, 0.5) is 11.6 Å². The normalized spacial score (nSPS) is 10.4. The predicted octanol–water partition coefficient (Wildman–Crippen LogP) is 3.17. The molecule has 0 saturated heterocycles. The summed E-state index contributed by atoms with van der Waals surface area (Å²) in [6.45, 7) is 2.58. The average Bonchev–Trinajstić information content (AvgIpc) is 2.49. The van der Waals surface area contributed by atoms with Crippen LogP contribution in [0.2, 0.25) is 0 Å².